The Bertz CT molecular complexity index is 523. The summed E-state index contributed by atoms with van der Waals surface area (Å²) in [4.78, 5) is 0.0970. The molecule has 8 heteroatoms. The molecular weight excluding hydrogens is 286 g/mol. The van der Waals surface area contributed by atoms with E-state index in [0.717, 1.165) is 11.5 Å². The van der Waals surface area contributed by atoms with Crippen molar-refractivity contribution in [2.45, 2.75) is 32.1 Å². The highest BCUT2D eigenvalue weighted by atomic mass is 32.2. The Labute approximate surface area is 118 Å². The molecule has 6 nitrogen and oxygen atoms in total. The van der Waals surface area contributed by atoms with Crippen LogP contribution in [0, 0.1) is 5.41 Å². The Morgan fingerprint density at radius 2 is 2.11 bits per heavy atom. The molecular formula is C11H21N3O3S2. The Hall–Kier alpha value is -0.860. The zero-order valence-electron chi connectivity index (χ0n) is 11.4. The number of aliphatic hydroxyl groups is 1. The SMILES string of the molecule is CCS(=O)(=O)c1c(N)nsc1NCC(C)(C)CCO. The van der Waals surface area contributed by atoms with Crippen molar-refractivity contribution < 1.29 is 13.5 Å². The number of hydrogen-bond donors (Lipinski definition) is 3. The first-order chi connectivity index (χ1) is 8.73. The maximum Gasteiger partial charge on any atom is 0.184 e. The maximum atomic E-state index is 12.0. The topological polar surface area (TPSA) is 105 Å². The molecule has 0 amide bonds. The van der Waals surface area contributed by atoms with Crippen LogP contribution < -0.4 is 11.1 Å². The summed E-state index contributed by atoms with van der Waals surface area (Å²) in [5, 5.41) is 12.5. The number of nitrogens with two attached hydrogens (primary N) is 1. The summed E-state index contributed by atoms with van der Waals surface area (Å²) in [6.45, 7) is 6.20. The van der Waals surface area contributed by atoms with Crippen LogP contribution in [0.3, 0.4) is 0 Å². The van der Waals surface area contributed by atoms with Crippen molar-refractivity contribution in [3.05, 3.63) is 0 Å². The number of nitrogens with one attached hydrogen (secondary N) is 1. The smallest absolute Gasteiger partial charge is 0.184 e. The zero-order valence-corrected chi connectivity index (χ0v) is 13.1. The van der Waals surface area contributed by atoms with Crippen LogP contribution >= 0.6 is 11.5 Å². The maximum absolute atomic E-state index is 12.0. The third-order valence-electron chi connectivity index (χ3n) is 2.88. The number of hydrogen-bond acceptors (Lipinski definition) is 7. The molecule has 4 N–H and O–H groups in total. The largest absolute Gasteiger partial charge is 0.396 e. The lowest BCUT2D eigenvalue weighted by molar-refractivity contribution is 0.220. The van der Waals surface area contributed by atoms with Crippen molar-refractivity contribution in [2.75, 3.05) is 30.0 Å². The van der Waals surface area contributed by atoms with Crippen LogP contribution in [0.25, 0.3) is 0 Å². The van der Waals surface area contributed by atoms with Crippen molar-refractivity contribution in [3.63, 3.8) is 0 Å². The van der Waals surface area contributed by atoms with Gasteiger partial charge in [-0.2, -0.15) is 4.37 Å². The summed E-state index contributed by atoms with van der Waals surface area (Å²) < 4.78 is 27.8. The molecule has 0 bridgehead atoms. The van der Waals surface area contributed by atoms with Crippen LogP contribution in [0.1, 0.15) is 27.2 Å². The van der Waals surface area contributed by atoms with E-state index in [1.165, 1.54) is 0 Å². The van der Waals surface area contributed by atoms with E-state index in [4.69, 9.17) is 10.8 Å². The fraction of sp³-hybridized carbons (Fsp3) is 0.727. The van der Waals surface area contributed by atoms with Gasteiger partial charge in [0.15, 0.2) is 15.7 Å². The van der Waals surface area contributed by atoms with Gasteiger partial charge in [-0.15, -0.1) is 0 Å². The average Bonchev–Trinajstić information content (AvgIpc) is 2.69. The molecule has 0 aliphatic rings. The molecule has 1 aromatic rings. The summed E-state index contributed by atoms with van der Waals surface area (Å²) in [7, 11) is -3.39. The van der Waals surface area contributed by atoms with Gasteiger partial charge in [-0.3, -0.25) is 0 Å². The minimum atomic E-state index is -3.39. The van der Waals surface area contributed by atoms with E-state index in [0.29, 0.717) is 18.0 Å². The fourth-order valence-corrected chi connectivity index (χ4v) is 3.73. The van der Waals surface area contributed by atoms with Crippen LogP contribution in [-0.2, 0) is 9.84 Å². The van der Waals surface area contributed by atoms with Crippen LogP contribution in [0.4, 0.5) is 10.8 Å². The molecule has 0 atom stereocenters. The predicted molar refractivity (Wildman–Crippen MR) is 78.2 cm³/mol. The van der Waals surface area contributed by atoms with Gasteiger partial charge >= 0.3 is 0 Å². The van der Waals surface area contributed by atoms with E-state index in [1.807, 2.05) is 13.8 Å². The Kier molecular flexibility index (Phi) is 5.17. The normalized spacial score (nSPS) is 12.6. The third kappa shape index (κ3) is 4.05. The van der Waals surface area contributed by atoms with Gasteiger partial charge in [-0.25, -0.2) is 8.42 Å². The van der Waals surface area contributed by atoms with Crippen LogP contribution in [0.2, 0.25) is 0 Å². The second-order valence-corrected chi connectivity index (χ2v) is 8.11. The second kappa shape index (κ2) is 6.06. The number of rotatable bonds is 7. The number of nitrogens with zero attached hydrogens (tertiary/aromatic N) is 1. The third-order valence-corrected chi connectivity index (χ3v) is 5.62. The van der Waals surface area contributed by atoms with E-state index in [9.17, 15) is 8.42 Å². The van der Waals surface area contributed by atoms with E-state index in [-0.39, 0.29) is 28.5 Å². The highest BCUT2D eigenvalue weighted by Gasteiger charge is 2.25. The number of sulfone groups is 1. The fourth-order valence-electron chi connectivity index (χ4n) is 1.56. The molecule has 1 rings (SSSR count). The van der Waals surface area contributed by atoms with Gasteiger partial charge in [-0.05, 0) is 23.4 Å². The van der Waals surface area contributed by atoms with Gasteiger partial charge in [0.05, 0.1) is 5.75 Å². The van der Waals surface area contributed by atoms with Crippen LogP contribution in [0.5, 0.6) is 0 Å². The van der Waals surface area contributed by atoms with Crippen molar-refractivity contribution in [1.29, 1.82) is 0 Å². The highest BCUT2D eigenvalue weighted by Crippen LogP contribution is 2.33. The minimum Gasteiger partial charge on any atom is -0.396 e. The highest BCUT2D eigenvalue weighted by molar-refractivity contribution is 7.91. The minimum absolute atomic E-state index is 0.00960. The molecule has 0 unspecified atom stereocenters. The van der Waals surface area contributed by atoms with Crippen molar-refractivity contribution in [3.8, 4) is 0 Å². The zero-order chi connectivity index (χ0) is 14.7. The van der Waals surface area contributed by atoms with Crippen LogP contribution in [-0.4, -0.2) is 36.8 Å². The summed E-state index contributed by atoms with van der Waals surface area (Å²) >= 11 is 1.05. The van der Waals surface area contributed by atoms with Gasteiger partial charge in [0, 0.05) is 13.2 Å². The van der Waals surface area contributed by atoms with E-state index in [1.54, 1.807) is 6.92 Å². The number of aromatic nitrogens is 1. The van der Waals surface area contributed by atoms with E-state index in [2.05, 4.69) is 9.69 Å². The lowest BCUT2D eigenvalue weighted by Crippen LogP contribution is -2.24. The molecule has 0 spiro atoms. The quantitative estimate of drug-likeness (QED) is 0.702. The molecule has 0 aliphatic carbocycles. The summed E-state index contributed by atoms with van der Waals surface area (Å²) in [6, 6.07) is 0. The Morgan fingerprint density at radius 3 is 2.63 bits per heavy atom. The molecule has 110 valence electrons. The Morgan fingerprint density at radius 1 is 1.47 bits per heavy atom. The molecule has 0 saturated heterocycles. The van der Waals surface area contributed by atoms with Gasteiger partial charge in [0.1, 0.15) is 9.90 Å². The van der Waals surface area contributed by atoms with Gasteiger partial charge < -0.3 is 16.2 Å². The molecule has 1 aromatic heterocycles. The standard InChI is InChI=1S/C11H21N3O3S2/c1-4-19(16,17)8-9(12)14-18-10(8)13-7-11(2,3)5-6-15/h13,15H,4-7H2,1-3H3,(H2,12,14). The summed E-state index contributed by atoms with van der Waals surface area (Å²) in [5.74, 6) is 0.0407. The van der Waals surface area contributed by atoms with E-state index >= 15 is 0 Å². The first-order valence-corrected chi connectivity index (χ1v) is 8.48. The molecule has 19 heavy (non-hydrogen) atoms. The molecule has 0 radical (unpaired) electrons. The molecule has 0 fully saturated rings. The van der Waals surface area contributed by atoms with Crippen LogP contribution in [0.15, 0.2) is 4.90 Å². The van der Waals surface area contributed by atoms with Crippen molar-refractivity contribution in [2.24, 2.45) is 5.41 Å². The van der Waals surface area contributed by atoms with Crippen molar-refractivity contribution in [1.82, 2.24) is 4.37 Å². The lowest BCUT2D eigenvalue weighted by Gasteiger charge is -2.24. The first kappa shape index (κ1) is 16.2. The van der Waals surface area contributed by atoms with Crippen molar-refractivity contribution >= 4 is 32.2 Å². The second-order valence-electron chi connectivity index (χ2n) is 5.12. The number of aliphatic hydroxyl groups excluding tert-OH is 1. The molecule has 0 aliphatic heterocycles. The number of nitrogen functional groups attached to an aromatic ring is 1. The molecule has 1 heterocycles. The van der Waals surface area contributed by atoms with Gasteiger partial charge in [-0.1, -0.05) is 20.8 Å². The van der Waals surface area contributed by atoms with E-state index < -0.39 is 9.84 Å². The first-order valence-electron chi connectivity index (χ1n) is 6.06. The summed E-state index contributed by atoms with van der Waals surface area (Å²) in [6.07, 6.45) is 0.629. The monoisotopic (exact) mass is 307 g/mol. The lowest BCUT2D eigenvalue weighted by atomic mass is 9.90. The van der Waals surface area contributed by atoms with Gasteiger partial charge in [0.25, 0.3) is 0 Å². The summed E-state index contributed by atoms with van der Waals surface area (Å²) in [5.41, 5.74) is 5.50. The molecule has 0 saturated carbocycles. The average molecular weight is 307 g/mol. The number of anilines is 2. The Balaban J connectivity index is 2.93. The molecule has 0 aromatic carbocycles. The van der Waals surface area contributed by atoms with Gasteiger partial charge in [0.2, 0.25) is 0 Å². The predicted octanol–water partition coefficient (Wildman–Crippen LogP) is 1.34.